The van der Waals surface area contributed by atoms with Crippen LogP contribution in [0.4, 0.5) is 0 Å². The van der Waals surface area contributed by atoms with E-state index in [9.17, 15) is 0 Å². The van der Waals surface area contributed by atoms with Gasteiger partial charge in [-0.2, -0.15) is 5.26 Å². The first-order valence-electron chi connectivity index (χ1n) is 6.72. The molecule has 0 saturated heterocycles. The van der Waals surface area contributed by atoms with Gasteiger partial charge in [-0.15, -0.1) is 0 Å². The van der Waals surface area contributed by atoms with Gasteiger partial charge in [0, 0.05) is 19.6 Å². The van der Waals surface area contributed by atoms with Crippen LogP contribution in [0.2, 0.25) is 0 Å². The molecule has 0 N–H and O–H groups in total. The van der Waals surface area contributed by atoms with E-state index in [0.717, 1.165) is 31.8 Å². The van der Waals surface area contributed by atoms with Crippen LogP contribution in [-0.4, -0.2) is 19.8 Å². The van der Waals surface area contributed by atoms with Crippen molar-refractivity contribution in [3.05, 3.63) is 29.8 Å². The van der Waals surface area contributed by atoms with Gasteiger partial charge in [0.15, 0.2) is 0 Å². The van der Waals surface area contributed by atoms with Crippen LogP contribution >= 0.6 is 0 Å². The molecule has 0 amide bonds. The number of nitrogens with zero attached hydrogens (tertiary/aromatic N) is 1. The van der Waals surface area contributed by atoms with Gasteiger partial charge in [-0.05, 0) is 36.1 Å². The van der Waals surface area contributed by atoms with Crippen molar-refractivity contribution >= 4 is 0 Å². The SMILES string of the molecule is CC(C)(C)CCOCCCOc1ccc(C#N)cc1. The van der Waals surface area contributed by atoms with E-state index < -0.39 is 0 Å². The highest BCUT2D eigenvalue weighted by Crippen LogP contribution is 2.17. The summed E-state index contributed by atoms with van der Waals surface area (Å²) in [5.74, 6) is 0.800. The second kappa shape index (κ2) is 7.81. The van der Waals surface area contributed by atoms with Crippen LogP contribution < -0.4 is 4.74 Å². The molecule has 0 saturated carbocycles. The molecule has 1 aromatic carbocycles. The third-order valence-electron chi connectivity index (χ3n) is 2.68. The summed E-state index contributed by atoms with van der Waals surface area (Å²) in [7, 11) is 0. The maximum absolute atomic E-state index is 8.67. The van der Waals surface area contributed by atoms with Gasteiger partial charge >= 0.3 is 0 Å². The van der Waals surface area contributed by atoms with Crippen LogP contribution in [0, 0.1) is 16.7 Å². The van der Waals surface area contributed by atoms with Gasteiger partial charge in [-0.25, -0.2) is 0 Å². The lowest BCUT2D eigenvalue weighted by molar-refractivity contribution is 0.0973. The first-order valence-corrected chi connectivity index (χ1v) is 6.72. The molecule has 0 unspecified atom stereocenters. The summed E-state index contributed by atoms with van der Waals surface area (Å²) in [5, 5.41) is 8.67. The Labute approximate surface area is 116 Å². The molecule has 0 radical (unpaired) electrons. The quantitative estimate of drug-likeness (QED) is 0.701. The van der Waals surface area contributed by atoms with Crippen molar-refractivity contribution < 1.29 is 9.47 Å². The summed E-state index contributed by atoms with van der Waals surface area (Å²) in [6.45, 7) is 8.81. The highest BCUT2D eigenvalue weighted by atomic mass is 16.5. The molecule has 19 heavy (non-hydrogen) atoms. The Morgan fingerprint density at radius 2 is 1.74 bits per heavy atom. The molecule has 0 atom stereocenters. The van der Waals surface area contributed by atoms with Gasteiger partial charge in [0.2, 0.25) is 0 Å². The van der Waals surface area contributed by atoms with Crippen molar-refractivity contribution in [1.82, 2.24) is 0 Å². The fourth-order valence-corrected chi connectivity index (χ4v) is 1.46. The minimum absolute atomic E-state index is 0.332. The number of benzene rings is 1. The average Bonchev–Trinajstić information content (AvgIpc) is 2.37. The summed E-state index contributed by atoms with van der Waals surface area (Å²) in [6, 6.07) is 9.24. The lowest BCUT2D eigenvalue weighted by Crippen LogP contribution is -2.11. The van der Waals surface area contributed by atoms with Crippen LogP contribution in [0.3, 0.4) is 0 Å². The number of hydrogen-bond donors (Lipinski definition) is 0. The molecule has 3 heteroatoms. The van der Waals surface area contributed by atoms with E-state index in [1.54, 1.807) is 12.1 Å². The first kappa shape index (κ1) is 15.5. The smallest absolute Gasteiger partial charge is 0.119 e. The molecule has 104 valence electrons. The van der Waals surface area contributed by atoms with Crippen molar-refractivity contribution in [2.24, 2.45) is 5.41 Å². The van der Waals surface area contributed by atoms with Crippen LogP contribution in [0.5, 0.6) is 5.75 Å². The predicted octanol–water partition coefficient (Wildman–Crippen LogP) is 3.78. The van der Waals surface area contributed by atoms with E-state index in [-0.39, 0.29) is 0 Å². The third-order valence-corrected chi connectivity index (χ3v) is 2.68. The predicted molar refractivity (Wildman–Crippen MR) is 76.2 cm³/mol. The van der Waals surface area contributed by atoms with E-state index in [1.807, 2.05) is 12.1 Å². The zero-order valence-corrected chi connectivity index (χ0v) is 12.1. The Morgan fingerprint density at radius 3 is 2.32 bits per heavy atom. The van der Waals surface area contributed by atoms with Gasteiger partial charge in [0.25, 0.3) is 0 Å². The highest BCUT2D eigenvalue weighted by Gasteiger charge is 2.08. The van der Waals surface area contributed by atoms with Crippen molar-refractivity contribution in [2.45, 2.75) is 33.6 Å². The Hall–Kier alpha value is -1.53. The summed E-state index contributed by atoms with van der Waals surface area (Å²) < 4.78 is 11.1. The van der Waals surface area contributed by atoms with Crippen LogP contribution in [0.25, 0.3) is 0 Å². The van der Waals surface area contributed by atoms with Crippen molar-refractivity contribution in [2.75, 3.05) is 19.8 Å². The van der Waals surface area contributed by atoms with Crippen LogP contribution in [0.15, 0.2) is 24.3 Å². The fourth-order valence-electron chi connectivity index (χ4n) is 1.46. The Bertz CT molecular complexity index is 398. The van der Waals surface area contributed by atoms with Crippen molar-refractivity contribution in [1.29, 1.82) is 5.26 Å². The number of ether oxygens (including phenoxy) is 2. The monoisotopic (exact) mass is 261 g/mol. The summed E-state index contributed by atoms with van der Waals surface area (Å²) in [4.78, 5) is 0. The normalized spacial score (nSPS) is 11.1. The van der Waals surface area contributed by atoms with Gasteiger partial charge < -0.3 is 9.47 Å². The van der Waals surface area contributed by atoms with E-state index in [2.05, 4.69) is 26.8 Å². The van der Waals surface area contributed by atoms with Crippen molar-refractivity contribution in [3.8, 4) is 11.8 Å². The van der Waals surface area contributed by atoms with Gasteiger partial charge in [0.1, 0.15) is 5.75 Å². The molecule has 0 aliphatic rings. The number of hydrogen-bond acceptors (Lipinski definition) is 3. The maximum atomic E-state index is 8.67. The molecule has 0 aliphatic carbocycles. The molecule has 0 spiro atoms. The minimum atomic E-state index is 0.332. The van der Waals surface area contributed by atoms with Gasteiger partial charge in [-0.1, -0.05) is 20.8 Å². The van der Waals surface area contributed by atoms with E-state index in [1.165, 1.54) is 0 Å². The van der Waals surface area contributed by atoms with Crippen LogP contribution in [-0.2, 0) is 4.74 Å². The van der Waals surface area contributed by atoms with E-state index >= 15 is 0 Å². The topological polar surface area (TPSA) is 42.2 Å². The largest absolute Gasteiger partial charge is 0.494 e. The van der Waals surface area contributed by atoms with E-state index in [4.69, 9.17) is 14.7 Å². The lowest BCUT2D eigenvalue weighted by atomic mass is 9.93. The molecule has 0 aromatic heterocycles. The molecule has 1 aromatic rings. The molecule has 1 rings (SSSR count). The van der Waals surface area contributed by atoms with Gasteiger partial charge in [-0.3, -0.25) is 0 Å². The third kappa shape index (κ3) is 7.48. The summed E-state index contributed by atoms with van der Waals surface area (Å²) >= 11 is 0. The molecule has 0 heterocycles. The Balaban J connectivity index is 2.06. The molecule has 0 bridgehead atoms. The molecular weight excluding hydrogens is 238 g/mol. The number of nitriles is 1. The van der Waals surface area contributed by atoms with E-state index in [0.29, 0.717) is 17.6 Å². The second-order valence-corrected chi connectivity index (χ2v) is 5.76. The number of rotatable bonds is 7. The van der Waals surface area contributed by atoms with Gasteiger partial charge in [0.05, 0.1) is 18.2 Å². The Kier molecular flexibility index (Phi) is 6.38. The standard InChI is InChI=1S/C16H23NO2/c1-16(2,3)9-12-18-10-4-11-19-15-7-5-14(13-17)6-8-15/h5-8H,4,9-12H2,1-3H3. The molecule has 0 aliphatic heterocycles. The maximum Gasteiger partial charge on any atom is 0.119 e. The Morgan fingerprint density at radius 1 is 1.05 bits per heavy atom. The zero-order valence-electron chi connectivity index (χ0n) is 12.1. The lowest BCUT2D eigenvalue weighted by Gasteiger charge is -2.17. The molecular formula is C16H23NO2. The zero-order chi connectivity index (χ0) is 14.1. The van der Waals surface area contributed by atoms with Crippen LogP contribution in [0.1, 0.15) is 39.2 Å². The summed E-state index contributed by atoms with van der Waals surface area (Å²) in [5.41, 5.74) is 0.983. The van der Waals surface area contributed by atoms with Crippen molar-refractivity contribution in [3.63, 3.8) is 0 Å². The first-order chi connectivity index (χ1) is 9.01. The molecule has 3 nitrogen and oxygen atoms in total. The average molecular weight is 261 g/mol. The minimum Gasteiger partial charge on any atom is -0.494 e. The second-order valence-electron chi connectivity index (χ2n) is 5.76. The molecule has 0 fully saturated rings. The summed E-state index contributed by atoms with van der Waals surface area (Å²) in [6.07, 6.45) is 1.95. The highest BCUT2D eigenvalue weighted by molar-refractivity contribution is 5.34. The fraction of sp³-hybridized carbons (Fsp3) is 0.562.